The molecule has 0 bridgehead atoms. The SMILES string of the molecule is CN1CCN(C(=O)c2ccc(NC(=O)CSc3nccn3C)cc2)C(c2ccccc2)C1. The number of likely N-dealkylation sites (N-methyl/N-ethyl adjacent to an activating group) is 1. The molecule has 1 unspecified atom stereocenters. The van der Waals surface area contributed by atoms with E-state index in [0.29, 0.717) is 17.8 Å². The average Bonchev–Trinajstić information content (AvgIpc) is 3.23. The van der Waals surface area contributed by atoms with E-state index >= 15 is 0 Å². The fourth-order valence-corrected chi connectivity index (χ4v) is 4.54. The molecule has 1 fully saturated rings. The summed E-state index contributed by atoms with van der Waals surface area (Å²) in [4.78, 5) is 34.0. The number of carbonyl (C=O) groups is 2. The number of nitrogens with one attached hydrogen (secondary N) is 1. The standard InChI is InChI=1S/C24H27N5O2S/c1-27-14-15-29(21(16-27)18-6-4-3-5-7-18)23(31)19-8-10-20(11-9-19)26-22(30)17-32-24-25-12-13-28(24)2/h3-13,21H,14-17H2,1-2H3,(H,26,30). The molecule has 1 aromatic heterocycles. The van der Waals surface area contributed by atoms with Crippen molar-refractivity contribution >= 4 is 29.3 Å². The maximum Gasteiger partial charge on any atom is 0.254 e. The molecule has 4 rings (SSSR count). The first-order valence-electron chi connectivity index (χ1n) is 10.6. The molecule has 1 saturated heterocycles. The molecule has 1 atom stereocenters. The highest BCUT2D eigenvalue weighted by Gasteiger charge is 2.30. The lowest BCUT2D eigenvalue weighted by Crippen LogP contribution is -2.49. The minimum absolute atomic E-state index is 0.00941. The summed E-state index contributed by atoms with van der Waals surface area (Å²) in [6, 6.07) is 17.3. The zero-order valence-corrected chi connectivity index (χ0v) is 19.1. The minimum atomic E-state index is -0.111. The van der Waals surface area contributed by atoms with Crippen LogP contribution in [0.2, 0.25) is 0 Å². The van der Waals surface area contributed by atoms with Crippen LogP contribution in [0.15, 0.2) is 72.1 Å². The van der Waals surface area contributed by atoms with Crippen LogP contribution >= 0.6 is 11.8 Å². The third-order valence-corrected chi connectivity index (χ3v) is 6.61. The van der Waals surface area contributed by atoms with Crippen LogP contribution in [0.1, 0.15) is 22.0 Å². The number of anilines is 1. The van der Waals surface area contributed by atoms with Crippen molar-refractivity contribution < 1.29 is 9.59 Å². The number of piperazine rings is 1. The van der Waals surface area contributed by atoms with Crippen LogP contribution in [0.4, 0.5) is 5.69 Å². The number of thioether (sulfide) groups is 1. The molecule has 0 spiro atoms. The van der Waals surface area contributed by atoms with E-state index in [4.69, 9.17) is 0 Å². The van der Waals surface area contributed by atoms with Crippen LogP contribution in [0, 0.1) is 0 Å². The number of imidazole rings is 1. The number of nitrogens with zero attached hydrogens (tertiary/aromatic N) is 4. The van der Waals surface area contributed by atoms with Crippen molar-refractivity contribution in [1.82, 2.24) is 19.4 Å². The molecule has 2 aromatic carbocycles. The second-order valence-corrected chi connectivity index (χ2v) is 8.86. The Bertz CT molecular complexity index is 1070. The lowest BCUT2D eigenvalue weighted by atomic mass is 10.0. The third kappa shape index (κ3) is 5.20. The molecule has 0 aliphatic carbocycles. The smallest absolute Gasteiger partial charge is 0.254 e. The molecule has 1 aliphatic heterocycles. The summed E-state index contributed by atoms with van der Waals surface area (Å²) in [5.74, 6) is 0.168. The summed E-state index contributed by atoms with van der Waals surface area (Å²) >= 11 is 1.38. The Hall–Kier alpha value is -3.10. The summed E-state index contributed by atoms with van der Waals surface area (Å²) in [6.07, 6.45) is 3.55. The lowest BCUT2D eigenvalue weighted by molar-refractivity contribution is -0.113. The Morgan fingerprint density at radius 1 is 1.06 bits per heavy atom. The Balaban J connectivity index is 1.39. The second-order valence-electron chi connectivity index (χ2n) is 7.92. The Kier molecular flexibility index (Phi) is 6.92. The Morgan fingerprint density at radius 2 is 1.81 bits per heavy atom. The van der Waals surface area contributed by atoms with Crippen LogP contribution in [0.5, 0.6) is 0 Å². The minimum Gasteiger partial charge on any atom is -0.329 e. The van der Waals surface area contributed by atoms with E-state index in [1.807, 2.05) is 40.9 Å². The van der Waals surface area contributed by atoms with Gasteiger partial charge in [0.2, 0.25) is 5.91 Å². The van der Waals surface area contributed by atoms with E-state index in [0.717, 1.165) is 23.8 Å². The number of hydrogen-bond donors (Lipinski definition) is 1. The van der Waals surface area contributed by atoms with E-state index in [1.54, 1.807) is 30.5 Å². The average molecular weight is 450 g/mol. The highest BCUT2D eigenvalue weighted by Crippen LogP contribution is 2.27. The Labute approximate surface area is 192 Å². The zero-order valence-electron chi connectivity index (χ0n) is 18.3. The second kappa shape index (κ2) is 10.0. The molecule has 166 valence electrons. The largest absolute Gasteiger partial charge is 0.329 e. The van der Waals surface area contributed by atoms with Crippen LogP contribution in [-0.2, 0) is 11.8 Å². The predicted octanol–water partition coefficient (Wildman–Crippen LogP) is 3.28. The topological polar surface area (TPSA) is 70.5 Å². The summed E-state index contributed by atoms with van der Waals surface area (Å²) in [7, 11) is 3.98. The van der Waals surface area contributed by atoms with Crippen molar-refractivity contribution in [2.24, 2.45) is 7.05 Å². The molecular formula is C24H27N5O2S. The maximum absolute atomic E-state index is 13.3. The van der Waals surface area contributed by atoms with Gasteiger partial charge in [0.1, 0.15) is 0 Å². The number of hydrogen-bond acceptors (Lipinski definition) is 5. The maximum atomic E-state index is 13.3. The van der Waals surface area contributed by atoms with Gasteiger partial charge < -0.3 is 19.7 Å². The van der Waals surface area contributed by atoms with Gasteiger partial charge >= 0.3 is 0 Å². The normalized spacial score (nSPS) is 16.7. The molecule has 0 radical (unpaired) electrons. The first-order chi connectivity index (χ1) is 15.5. The van der Waals surface area contributed by atoms with Crippen LogP contribution < -0.4 is 5.32 Å². The van der Waals surface area contributed by atoms with E-state index in [9.17, 15) is 9.59 Å². The van der Waals surface area contributed by atoms with Crippen LogP contribution in [-0.4, -0.2) is 63.6 Å². The van der Waals surface area contributed by atoms with Gasteiger partial charge in [0.15, 0.2) is 5.16 Å². The molecule has 2 amide bonds. The van der Waals surface area contributed by atoms with Crippen molar-refractivity contribution in [2.75, 3.05) is 37.8 Å². The van der Waals surface area contributed by atoms with Gasteiger partial charge in [-0.05, 0) is 36.9 Å². The van der Waals surface area contributed by atoms with Crippen molar-refractivity contribution in [3.63, 3.8) is 0 Å². The summed E-state index contributed by atoms with van der Waals surface area (Å²) in [5.41, 5.74) is 2.43. The number of aryl methyl sites for hydroxylation is 1. The van der Waals surface area contributed by atoms with E-state index in [2.05, 4.69) is 34.4 Å². The van der Waals surface area contributed by atoms with Crippen molar-refractivity contribution in [3.05, 3.63) is 78.1 Å². The Morgan fingerprint density at radius 3 is 2.50 bits per heavy atom. The van der Waals surface area contributed by atoms with E-state index in [-0.39, 0.29) is 23.6 Å². The van der Waals surface area contributed by atoms with Crippen LogP contribution in [0.25, 0.3) is 0 Å². The number of benzene rings is 2. The van der Waals surface area contributed by atoms with Gasteiger partial charge in [-0.3, -0.25) is 9.59 Å². The fourth-order valence-electron chi connectivity index (χ4n) is 3.80. The molecule has 3 aromatic rings. The number of rotatable bonds is 6. The summed E-state index contributed by atoms with van der Waals surface area (Å²) in [6.45, 7) is 2.33. The molecule has 2 heterocycles. The fraction of sp³-hybridized carbons (Fsp3) is 0.292. The van der Waals surface area contributed by atoms with Crippen LogP contribution in [0.3, 0.4) is 0 Å². The molecule has 32 heavy (non-hydrogen) atoms. The van der Waals surface area contributed by atoms with E-state index < -0.39 is 0 Å². The van der Waals surface area contributed by atoms with E-state index in [1.165, 1.54) is 11.8 Å². The van der Waals surface area contributed by atoms with Gasteiger partial charge in [0.05, 0.1) is 11.8 Å². The van der Waals surface area contributed by atoms with Crippen molar-refractivity contribution in [2.45, 2.75) is 11.2 Å². The zero-order chi connectivity index (χ0) is 22.5. The summed E-state index contributed by atoms with van der Waals surface area (Å²) < 4.78 is 1.87. The molecule has 1 N–H and O–H groups in total. The number of carbonyl (C=O) groups excluding carboxylic acids is 2. The van der Waals surface area contributed by atoms with Gasteiger partial charge in [-0.2, -0.15) is 0 Å². The van der Waals surface area contributed by atoms with Gasteiger partial charge in [0, 0.05) is 50.3 Å². The molecule has 8 heteroatoms. The van der Waals surface area contributed by atoms with Gasteiger partial charge in [-0.1, -0.05) is 42.1 Å². The molecular weight excluding hydrogens is 422 g/mol. The highest BCUT2D eigenvalue weighted by molar-refractivity contribution is 7.99. The predicted molar refractivity (Wildman–Crippen MR) is 127 cm³/mol. The molecule has 0 saturated carbocycles. The third-order valence-electron chi connectivity index (χ3n) is 5.55. The quantitative estimate of drug-likeness (QED) is 0.585. The van der Waals surface area contributed by atoms with Gasteiger partial charge in [-0.15, -0.1) is 0 Å². The first kappa shape index (κ1) is 22.1. The van der Waals surface area contributed by atoms with Crippen molar-refractivity contribution in [1.29, 1.82) is 0 Å². The molecule has 7 nitrogen and oxygen atoms in total. The summed E-state index contributed by atoms with van der Waals surface area (Å²) in [5, 5.41) is 3.67. The number of amides is 2. The number of aromatic nitrogens is 2. The monoisotopic (exact) mass is 449 g/mol. The van der Waals surface area contributed by atoms with Gasteiger partial charge in [0.25, 0.3) is 5.91 Å². The lowest BCUT2D eigenvalue weighted by Gasteiger charge is -2.40. The highest BCUT2D eigenvalue weighted by atomic mass is 32.2. The first-order valence-corrected chi connectivity index (χ1v) is 11.5. The van der Waals surface area contributed by atoms with Gasteiger partial charge in [-0.25, -0.2) is 4.98 Å². The van der Waals surface area contributed by atoms with Crippen molar-refractivity contribution in [3.8, 4) is 0 Å². The molecule has 1 aliphatic rings.